The Bertz CT molecular complexity index is 475. The van der Waals surface area contributed by atoms with Crippen LogP contribution < -0.4 is 5.32 Å². The molecule has 0 radical (unpaired) electrons. The zero-order valence-corrected chi connectivity index (χ0v) is 12.7. The largest absolute Gasteiger partial charge is 0.343 e. The van der Waals surface area contributed by atoms with E-state index >= 15 is 0 Å². The minimum absolute atomic E-state index is 0.0568. The Balaban J connectivity index is 1.66. The standard InChI is InChI=1S/C16H21NO2S/c1-16(2)18-14-9-6-10-17-13(15(14)19-16)11-20-12-7-4-3-5-8-12/h3-9,13-15,17H,10-11H2,1-2H3/t13-,14-,15-/m1/s1. The van der Waals surface area contributed by atoms with Crippen molar-refractivity contribution in [3.05, 3.63) is 42.5 Å². The molecule has 0 spiro atoms. The van der Waals surface area contributed by atoms with E-state index in [0.29, 0.717) is 6.04 Å². The molecule has 0 unspecified atom stereocenters. The van der Waals surface area contributed by atoms with E-state index in [0.717, 1.165) is 12.3 Å². The maximum absolute atomic E-state index is 6.08. The zero-order valence-electron chi connectivity index (χ0n) is 11.9. The molecule has 4 heteroatoms. The highest BCUT2D eigenvalue weighted by Gasteiger charge is 2.44. The van der Waals surface area contributed by atoms with Crippen LogP contribution in [0.2, 0.25) is 0 Å². The number of fused-ring (bicyclic) bond motifs is 1. The smallest absolute Gasteiger partial charge is 0.164 e. The molecule has 1 aromatic rings. The Labute approximate surface area is 124 Å². The number of benzene rings is 1. The van der Waals surface area contributed by atoms with Crippen LogP contribution in [0.3, 0.4) is 0 Å². The normalized spacial score (nSPS) is 31.8. The van der Waals surface area contributed by atoms with Crippen LogP contribution in [0.5, 0.6) is 0 Å². The quantitative estimate of drug-likeness (QED) is 0.685. The van der Waals surface area contributed by atoms with E-state index < -0.39 is 5.79 Å². The van der Waals surface area contributed by atoms with Gasteiger partial charge in [0.25, 0.3) is 0 Å². The van der Waals surface area contributed by atoms with Gasteiger partial charge in [-0.1, -0.05) is 30.4 Å². The second kappa shape index (κ2) is 5.90. The van der Waals surface area contributed by atoms with E-state index in [1.54, 1.807) is 0 Å². The lowest BCUT2D eigenvalue weighted by Crippen LogP contribution is -2.45. The van der Waals surface area contributed by atoms with Gasteiger partial charge in [-0.2, -0.15) is 0 Å². The molecule has 108 valence electrons. The van der Waals surface area contributed by atoms with Crippen molar-refractivity contribution < 1.29 is 9.47 Å². The molecule has 3 rings (SSSR count). The summed E-state index contributed by atoms with van der Waals surface area (Å²) in [5, 5.41) is 3.55. The van der Waals surface area contributed by atoms with Gasteiger partial charge >= 0.3 is 0 Å². The van der Waals surface area contributed by atoms with Gasteiger partial charge in [-0.05, 0) is 26.0 Å². The van der Waals surface area contributed by atoms with Crippen LogP contribution in [0.25, 0.3) is 0 Å². The molecular weight excluding hydrogens is 270 g/mol. The van der Waals surface area contributed by atoms with Crippen LogP contribution in [0, 0.1) is 0 Å². The van der Waals surface area contributed by atoms with Crippen LogP contribution in [0.1, 0.15) is 13.8 Å². The lowest BCUT2D eigenvalue weighted by Gasteiger charge is -2.25. The van der Waals surface area contributed by atoms with E-state index in [9.17, 15) is 0 Å². The molecule has 0 amide bonds. The predicted molar refractivity (Wildman–Crippen MR) is 81.9 cm³/mol. The summed E-state index contributed by atoms with van der Waals surface area (Å²) in [4.78, 5) is 1.29. The monoisotopic (exact) mass is 291 g/mol. The molecule has 20 heavy (non-hydrogen) atoms. The molecule has 3 atom stereocenters. The average molecular weight is 291 g/mol. The first-order valence-electron chi connectivity index (χ1n) is 7.08. The maximum atomic E-state index is 6.08. The van der Waals surface area contributed by atoms with Crippen molar-refractivity contribution in [3.8, 4) is 0 Å². The van der Waals surface area contributed by atoms with E-state index in [1.165, 1.54) is 4.90 Å². The molecule has 0 saturated carbocycles. The molecular formula is C16H21NO2S. The van der Waals surface area contributed by atoms with E-state index in [-0.39, 0.29) is 12.2 Å². The van der Waals surface area contributed by atoms with Crippen LogP contribution in [-0.4, -0.2) is 36.3 Å². The lowest BCUT2D eigenvalue weighted by molar-refractivity contribution is -0.145. The second-order valence-corrected chi connectivity index (χ2v) is 6.73. The third-order valence-corrected chi connectivity index (χ3v) is 4.69. The van der Waals surface area contributed by atoms with Gasteiger partial charge in [0.15, 0.2) is 5.79 Å². The first-order chi connectivity index (χ1) is 9.64. The Morgan fingerprint density at radius 3 is 2.85 bits per heavy atom. The topological polar surface area (TPSA) is 30.5 Å². The van der Waals surface area contributed by atoms with Crippen molar-refractivity contribution in [2.45, 2.75) is 42.8 Å². The molecule has 3 nitrogen and oxygen atoms in total. The first kappa shape index (κ1) is 14.1. The number of rotatable bonds is 3. The third kappa shape index (κ3) is 3.26. The molecule has 1 saturated heterocycles. The highest BCUT2D eigenvalue weighted by Crippen LogP contribution is 2.33. The number of hydrogen-bond donors (Lipinski definition) is 1. The van der Waals surface area contributed by atoms with Gasteiger partial charge in [-0.15, -0.1) is 11.8 Å². The van der Waals surface area contributed by atoms with Gasteiger partial charge in [-0.25, -0.2) is 0 Å². The number of thioether (sulfide) groups is 1. The van der Waals surface area contributed by atoms with Crippen molar-refractivity contribution in [1.82, 2.24) is 5.32 Å². The van der Waals surface area contributed by atoms with Gasteiger partial charge in [-0.3, -0.25) is 0 Å². The van der Waals surface area contributed by atoms with E-state index in [4.69, 9.17) is 9.47 Å². The summed E-state index contributed by atoms with van der Waals surface area (Å²) in [5.74, 6) is 0.487. The minimum Gasteiger partial charge on any atom is -0.343 e. The highest BCUT2D eigenvalue weighted by atomic mass is 32.2. The Hall–Kier alpha value is -0.810. The fourth-order valence-electron chi connectivity index (χ4n) is 2.67. The summed E-state index contributed by atoms with van der Waals surface area (Å²) >= 11 is 1.86. The molecule has 1 N–H and O–H groups in total. The van der Waals surface area contributed by atoms with Crippen LogP contribution >= 0.6 is 11.8 Å². The van der Waals surface area contributed by atoms with Gasteiger partial charge in [0, 0.05) is 23.2 Å². The van der Waals surface area contributed by atoms with Crippen LogP contribution in [0.15, 0.2) is 47.4 Å². The molecule has 0 bridgehead atoms. The van der Waals surface area contributed by atoms with Crippen LogP contribution in [-0.2, 0) is 9.47 Å². The average Bonchev–Trinajstić information content (AvgIpc) is 2.63. The Kier molecular flexibility index (Phi) is 4.17. The summed E-state index contributed by atoms with van der Waals surface area (Å²) in [6.07, 6.45) is 4.40. The molecule has 0 aliphatic carbocycles. The molecule has 1 fully saturated rings. The highest BCUT2D eigenvalue weighted by molar-refractivity contribution is 7.99. The summed E-state index contributed by atoms with van der Waals surface area (Å²) in [5.41, 5.74) is 0. The van der Waals surface area contributed by atoms with E-state index in [2.05, 4.69) is 41.7 Å². The number of ether oxygens (including phenoxy) is 2. The minimum atomic E-state index is -0.492. The molecule has 0 aromatic heterocycles. The van der Waals surface area contributed by atoms with Gasteiger partial charge in [0.2, 0.25) is 0 Å². The van der Waals surface area contributed by atoms with Gasteiger partial charge in [0.05, 0.1) is 0 Å². The van der Waals surface area contributed by atoms with Crippen LogP contribution in [0.4, 0.5) is 0 Å². The van der Waals surface area contributed by atoms with Gasteiger partial charge in [0.1, 0.15) is 12.2 Å². The summed E-state index contributed by atoms with van der Waals surface area (Å²) in [6, 6.07) is 10.8. The molecule has 2 aliphatic rings. The van der Waals surface area contributed by atoms with Crippen molar-refractivity contribution >= 4 is 11.8 Å². The first-order valence-corrected chi connectivity index (χ1v) is 8.06. The number of hydrogen-bond acceptors (Lipinski definition) is 4. The maximum Gasteiger partial charge on any atom is 0.164 e. The van der Waals surface area contributed by atoms with E-state index in [1.807, 2.05) is 31.7 Å². The summed E-state index contributed by atoms with van der Waals surface area (Å²) in [7, 11) is 0. The SMILES string of the molecule is CC1(C)O[C@@H]2[C@@H](CSc3ccccc3)NCC=C[C@H]2O1. The summed E-state index contributed by atoms with van der Waals surface area (Å²) in [6.45, 7) is 4.84. The Morgan fingerprint density at radius 1 is 1.25 bits per heavy atom. The fourth-order valence-corrected chi connectivity index (χ4v) is 3.70. The third-order valence-electron chi connectivity index (χ3n) is 3.56. The number of nitrogens with one attached hydrogen (secondary N) is 1. The molecule has 2 heterocycles. The molecule has 2 aliphatic heterocycles. The fraction of sp³-hybridized carbons (Fsp3) is 0.500. The van der Waals surface area contributed by atoms with Gasteiger partial charge < -0.3 is 14.8 Å². The molecule has 1 aromatic carbocycles. The van der Waals surface area contributed by atoms with Crippen molar-refractivity contribution in [2.24, 2.45) is 0 Å². The Morgan fingerprint density at radius 2 is 2.05 bits per heavy atom. The van der Waals surface area contributed by atoms with Crippen molar-refractivity contribution in [2.75, 3.05) is 12.3 Å². The lowest BCUT2D eigenvalue weighted by atomic mass is 10.1. The summed E-state index contributed by atoms with van der Waals surface area (Å²) < 4.78 is 12.0. The van der Waals surface area contributed by atoms with Crippen molar-refractivity contribution in [1.29, 1.82) is 0 Å². The second-order valence-electron chi connectivity index (χ2n) is 5.63. The van der Waals surface area contributed by atoms with Crippen molar-refractivity contribution in [3.63, 3.8) is 0 Å². The predicted octanol–water partition coefficient (Wildman–Crippen LogP) is 2.83. The zero-order chi connectivity index (χ0) is 14.0.